The van der Waals surface area contributed by atoms with E-state index in [1.165, 1.54) is 18.2 Å². The van der Waals surface area contributed by atoms with Crippen LogP contribution in [0.1, 0.15) is 32.9 Å². The third kappa shape index (κ3) is 3.08. The second-order valence-corrected chi connectivity index (χ2v) is 4.92. The molecule has 0 saturated carbocycles. The highest BCUT2D eigenvalue weighted by Gasteiger charge is 2.13. The van der Waals surface area contributed by atoms with Gasteiger partial charge in [-0.05, 0) is 50.1 Å². The number of hydrogen-bond donors (Lipinski definition) is 1. The van der Waals surface area contributed by atoms with Gasteiger partial charge in [0.25, 0.3) is 5.69 Å². The lowest BCUT2D eigenvalue weighted by Crippen LogP contribution is -1.97. The number of nitrogens with one attached hydrogen (secondary N) is 1. The van der Waals surface area contributed by atoms with E-state index in [1.807, 2.05) is 20.8 Å². The largest absolute Gasteiger partial charge is 0.362 e. The summed E-state index contributed by atoms with van der Waals surface area (Å²) in [7, 11) is 0. The van der Waals surface area contributed by atoms with Crippen LogP contribution in [0.2, 0.25) is 0 Å². The standard InChI is InChI=1S/C16H16N2O3/c1-10-11(2)17-12(3)16(10)15(19)9-6-13-4-7-14(8-5-13)18(20)21/h4-9,17H,1-3H3/b9-6+. The van der Waals surface area contributed by atoms with E-state index in [2.05, 4.69) is 4.98 Å². The molecule has 0 spiro atoms. The fourth-order valence-corrected chi connectivity index (χ4v) is 2.24. The molecule has 0 atom stereocenters. The number of hydrogen-bond acceptors (Lipinski definition) is 3. The third-order valence-electron chi connectivity index (χ3n) is 3.46. The molecule has 1 heterocycles. The number of nitro benzene ring substituents is 1. The van der Waals surface area contributed by atoms with Crippen molar-refractivity contribution in [2.75, 3.05) is 0 Å². The minimum atomic E-state index is -0.450. The number of H-pyrrole nitrogens is 1. The molecule has 5 nitrogen and oxygen atoms in total. The van der Waals surface area contributed by atoms with E-state index in [9.17, 15) is 14.9 Å². The molecule has 0 fully saturated rings. The van der Waals surface area contributed by atoms with Crippen LogP contribution in [0, 0.1) is 30.9 Å². The zero-order valence-electron chi connectivity index (χ0n) is 12.1. The van der Waals surface area contributed by atoms with E-state index in [4.69, 9.17) is 0 Å². The van der Waals surface area contributed by atoms with Gasteiger partial charge in [-0.1, -0.05) is 6.08 Å². The molecule has 5 heteroatoms. The van der Waals surface area contributed by atoms with E-state index in [1.54, 1.807) is 18.2 Å². The smallest absolute Gasteiger partial charge is 0.269 e. The van der Waals surface area contributed by atoms with Gasteiger partial charge in [-0.25, -0.2) is 0 Å². The van der Waals surface area contributed by atoms with E-state index in [0.29, 0.717) is 5.56 Å². The summed E-state index contributed by atoms with van der Waals surface area (Å²) in [6, 6.07) is 6.07. The van der Waals surface area contributed by atoms with Crippen LogP contribution in [-0.4, -0.2) is 15.7 Å². The number of carbonyl (C=O) groups is 1. The quantitative estimate of drug-likeness (QED) is 0.402. The zero-order valence-corrected chi connectivity index (χ0v) is 12.1. The second kappa shape index (κ2) is 5.75. The SMILES string of the molecule is Cc1[nH]c(C)c(C(=O)/C=C/c2ccc([N+](=O)[O-])cc2)c1C. The molecule has 0 aliphatic heterocycles. The van der Waals surface area contributed by atoms with Crippen LogP contribution >= 0.6 is 0 Å². The molecule has 0 aliphatic rings. The second-order valence-electron chi connectivity index (χ2n) is 4.92. The van der Waals surface area contributed by atoms with Crippen molar-refractivity contribution in [1.29, 1.82) is 0 Å². The minimum Gasteiger partial charge on any atom is -0.362 e. The molecule has 0 aliphatic carbocycles. The number of nitrogens with zero attached hydrogens (tertiary/aromatic N) is 1. The summed E-state index contributed by atoms with van der Waals surface area (Å²) in [5, 5.41) is 10.6. The summed E-state index contributed by atoms with van der Waals surface area (Å²) < 4.78 is 0. The summed E-state index contributed by atoms with van der Waals surface area (Å²) in [5.74, 6) is -0.0762. The van der Waals surface area contributed by atoms with E-state index >= 15 is 0 Å². The molecule has 0 radical (unpaired) electrons. The number of aromatic amines is 1. The van der Waals surface area contributed by atoms with Crippen molar-refractivity contribution < 1.29 is 9.72 Å². The van der Waals surface area contributed by atoms with Crippen LogP contribution in [0.5, 0.6) is 0 Å². The molecule has 0 unspecified atom stereocenters. The molecule has 0 bridgehead atoms. The van der Waals surface area contributed by atoms with Crippen LogP contribution in [-0.2, 0) is 0 Å². The van der Waals surface area contributed by atoms with Crippen LogP contribution < -0.4 is 0 Å². The number of allylic oxidation sites excluding steroid dienone is 1. The molecule has 0 amide bonds. The summed E-state index contributed by atoms with van der Waals surface area (Å²) in [6.45, 7) is 5.71. The van der Waals surface area contributed by atoms with Crippen molar-refractivity contribution in [3.05, 3.63) is 68.5 Å². The van der Waals surface area contributed by atoms with Crippen molar-refractivity contribution in [1.82, 2.24) is 4.98 Å². The first-order chi connectivity index (χ1) is 9.90. The molecule has 21 heavy (non-hydrogen) atoms. The van der Waals surface area contributed by atoms with Crippen LogP contribution in [0.15, 0.2) is 30.3 Å². The number of carbonyl (C=O) groups excluding carboxylic acids is 1. The van der Waals surface area contributed by atoms with Crippen molar-refractivity contribution in [3.63, 3.8) is 0 Å². The van der Waals surface area contributed by atoms with Gasteiger partial charge in [-0.3, -0.25) is 14.9 Å². The lowest BCUT2D eigenvalue weighted by atomic mass is 10.0. The summed E-state index contributed by atoms with van der Waals surface area (Å²) in [4.78, 5) is 25.5. The van der Waals surface area contributed by atoms with Crippen LogP contribution in [0.25, 0.3) is 6.08 Å². The van der Waals surface area contributed by atoms with Gasteiger partial charge in [-0.2, -0.15) is 0 Å². The highest BCUT2D eigenvalue weighted by atomic mass is 16.6. The minimum absolute atomic E-state index is 0.0337. The molecule has 108 valence electrons. The van der Waals surface area contributed by atoms with E-state index in [-0.39, 0.29) is 11.5 Å². The monoisotopic (exact) mass is 284 g/mol. The average Bonchev–Trinajstić information content (AvgIpc) is 2.70. The summed E-state index contributed by atoms with van der Waals surface area (Å²) in [6.07, 6.45) is 3.15. The van der Waals surface area contributed by atoms with Gasteiger partial charge >= 0.3 is 0 Å². The molecule has 1 N–H and O–H groups in total. The molecule has 0 saturated heterocycles. The highest BCUT2D eigenvalue weighted by Crippen LogP contribution is 2.19. The zero-order chi connectivity index (χ0) is 15.6. The van der Waals surface area contributed by atoms with E-state index < -0.39 is 4.92 Å². The first kappa shape index (κ1) is 14.7. The highest BCUT2D eigenvalue weighted by molar-refractivity contribution is 6.08. The van der Waals surface area contributed by atoms with Gasteiger partial charge < -0.3 is 4.98 Å². The fraction of sp³-hybridized carbons (Fsp3) is 0.188. The maximum absolute atomic E-state index is 12.2. The lowest BCUT2D eigenvalue weighted by Gasteiger charge is -1.97. The lowest BCUT2D eigenvalue weighted by molar-refractivity contribution is -0.384. The maximum Gasteiger partial charge on any atom is 0.269 e. The van der Waals surface area contributed by atoms with Gasteiger partial charge in [0.1, 0.15) is 0 Å². The number of rotatable bonds is 4. The Morgan fingerprint density at radius 3 is 2.24 bits per heavy atom. The van der Waals surface area contributed by atoms with Crippen molar-refractivity contribution in [2.45, 2.75) is 20.8 Å². The van der Waals surface area contributed by atoms with Gasteiger partial charge in [0, 0.05) is 29.1 Å². The molecule has 1 aromatic carbocycles. The number of aryl methyl sites for hydroxylation is 2. The Hall–Kier alpha value is -2.69. The predicted octanol–water partition coefficient (Wildman–Crippen LogP) is 3.74. The van der Waals surface area contributed by atoms with Crippen molar-refractivity contribution >= 4 is 17.5 Å². The first-order valence-corrected chi connectivity index (χ1v) is 6.52. The molecule has 2 aromatic rings. The van der Waals surface area contributed by atoms with Gasteiger partial charge in [-0.15, -0.1) is 0 Å². The number of non-ortho nitro benzene ring substituents is 1. The predicted molar refractivity (Wildman–Crippen MR) is 81.5 cm³/mol. The number of aromatic nitrogens is 1. The molecular formula is C16H16N2O3. The third-order valence-corrected chi connectivity index (χ3v) is 3.46. The molecule has 1 aromatic heterocycles. The van der Waals surface area contributed by atoms with Crippen LogP contribution in [0.3, 0.4) is 0 Å². The summed E-state index contributed by atoms with van der Waals surface area (Å²) >= 11 is 0. The normalized spacial score (nSPS) is 11.0. The molecular weight excluding hydrogens is 268 g/mol. The van der Waals surface area contributed by atoms with Crippen LogP contribution in [0.4, 0.5) is 5.69 Å². The first-order valence-electron chi connectivity index (χ1n) is 6.52. The van der Waals surface area contributed by atoms with Gasteiger partial charge in [0.2, 0.25) is 0 Å². The Kier molecular flexibility index (Phi) is 4.03. The summed E-state index contributed by atoms with van der Waals surface area (Å²) in [5.41, 5.74) is 4.25. The van der Waals surface area contributed by atoms with E-state index in [0.717, 1.165) is 22.5 Å². The van der Waals surface area contributed by atoms with Gasteiger partial charge in [0.15, 0.2) is 5.78 Å². The molecule has 2 rings (SSSR count). The topological polar surface area (TPSA) is 76.0 Å². The Bertz CT molecular complexity index is 725. The fourth-order valence-electron chi connectivity index (χ4n) is 2.24. The Morgan fingerprint density at radius 1 is 1.14 bits per heavy atom. The van der Waals surface area contributed by atoms with Crippen molar-refractivity contribution in [2.24, 2.45) is 0 Å². The maximum atomic E-state index is 12.2. The Labute approximate surface area is 122 Å². The Balaban J connectivity index is 2.20. The number of ketones is 1. The number of benzene rings is 1. The van der Waals surface area contributed by atoms with Crippen molar-refractivity contribution in [3.8, 4) is 0 Å². The van der Waals surface area contributed by atoms with Gasteiger partial charge in [0.05, 0.1) is 4.92 Å². The number of nitro groups is 1. The average molecular weight is 284 g/mol. The Morgan fingerprint density at radius 2 is 1.76 bits per heavy atom.